The first-order valence-electron chi connectivity index (χ1n) is 5.90. The lowest BCUT2D eigenvalue weighted by molar-refractivity contribution is -0.141. The third-order valence-corrected chi connectivity index (χ3v) is 2.28. The SMILES string of the molecule is C=CCN(CCC)C(=O)NCC(C)(O)CC(=O)O. The first-order valence-corrected chi connectivity index (χ1v) is 5.90. The Morgan fingerprint density at radius 2 is 2.11 bits per heavy atom. The van der Waals surface area contributed by atoms with Gasteiger partial charge in [-0.1, -0.05) is 13.0 Å². The molecule has 0 aromatic rings. The van der Waals surface area contributed by atoms with Gasteiger partial charge in [-0.15, -0.1) is 6.58 Å². The maximum Gasteiger partial charge on any atom is 0.317 e. The predicted octanol–water partition coefficient (Wildman–Crippen LogP) is 0.820. The van der Waals surface area contributed by atoms with Gasteiger partial charge in [-0.05, 0) is 13.3 Å². The molecule has 1 unspecified atom stereocenters. The Labute approximate surface area is 107 Å². The number of amides is 2. The molecule has 2 amide bonds. The van der Waals surface area contributed by atoms with Gasteiger partial charge in [0, 0.05) is 19.6 Å². The maximum absolute atomic E-state index is 11.8. The van der Waals surface area contributed by atoms with Gasteiger partial charge in [0.1, 0.15) is 0 Å². The van der Waals surface area contributed by atoms with E-state index < -0.39 is 18.0 Å². The average molecular weight is 258 g/mol. The van der Waals surface area contributed by atoms with Crippen molar-refractivity contribution in [1.29, 1.82) is 0 Å². The number of urea groups is 1. The van der Waals surface area contributed by atoms with Gasteiger partial charge in [-0.3, -0.25) is 4.79 Å². The van der Waals surface area contributed by atoms with Crippen molar-refractivity contribution in [1.82, 2.24) is 10.2 Å². The topological polar surface area (TPSA) is 89.9 Å². The van der Waals surface area contributed by atoms with Crippen LogP contribution in [0.5, 0.6) is 0 Å². The lowest BCUT2D eigenvalue weighted by atomic mass is 10.0. The van der Waals surface area contributed by atoms with Crippen LogP contribution in [0.1, 0.15) is 26.7 Å². The van der Waals surface area contributed by atoms with Crippen LogP contribution in [0.2, 0.25) is 0 Å². The highest BCUT2D eigenvalue weighted by atomic mass is 16.4. The van der Waals surface area contributed by atoms with E-state index in [4.69, 9.17) is 5.11 Å². The minimum atomic E-state index is -1.45. The highest BCUT2D eigenvalue weighted by Crippen LogP contribution is 2.07. The molecular formula is C12H22N2O4. The summed E-state index contributed by atoms with van der Waals surface area (Å²) in [6.45, 7) is 7.79. The minimum Gasteiger partial charge on any atom is -0.481 e. The lowest BCUT2D eigenvalue weighted by Gasteiger charge is -2.25. The van der Waals surface area contributed by atoms with Crippen LogP contribution < -0.4 is 5.32 Å². The van der Waals surface area contributed by atoms with E-state index in [1.54, 1.807) is 11.0 Å². The molecule has 18 heavy (non-hydrogen) atoms. The van der Waals surface area contributed by atoms with Crippen molar-refractivity contribution in [3.63, 3.8) is 0 Å². The van der Waals surface area contributed by atoms with Crippen LogP contribution in [0.4, 0.5) is 4.79 Å². The first-order chi connectivity index (χ1) is 8.32. The predicted molar refractivity (Wildman–Crippen MR) is 68.3 cm³/mol. The van der Waals surface area contributed by atoms with Crippen LogP contribution >= 0.6 is 0 Å². The molecule has 0 fully saturated rings. The van der Waals surface area contributed by atoms with E-state index >= 15 is 0 Å². The highest BCUT2D eigenvalue weighted by Gasteiger charge is 2.25. The monoisotopic (exact) mass is 258 g/mol. The summed E-state index contributed by atoms with van der Waals surface area (Å²) in [7, 11) is 0. The lowest BCUT2D eigenvalue weighted by Crippen LogP contribution is -2.47. The minimum absolute atomic E-state index is 0.102. The Bertz CT molecular complexity index is 302. The molecule has 0 bridgehead atoms. The largest absolute Gasteiger partial charge is 0.481 e. The van der Waals surface area contributed by atoms with Crippen LogP contribution in [-0.4, -0.2) is 52.3 Å². The van der Waals surface area contributed by atoms with Crippen LogP contribution in [0.25, 0.3) is 0 Å². The molecule has 0 rings (SSSR count). The third-order valence-electron chi connectivity index (χ3n) is 2.28. The van der Waals surface area contributed by atoms with E-state index in [1.165, 1.54) is 6.92 Å². The van der Waals surface area contributed by atoms with Gasteiger partial charge in [0.2, 0.25) is 0 Å². The van der Waals surface area contributed by atoms with Gasteiger partial charge in [-0.2, -0.15) is 0 Å². The third kappa shape index (κ3) is 6.90. The maximum atomic E-state index is 11.8. The van der Waals surface area contributed by atoms with Crippen LogP contribution in [0.3, 0.4) is 0 Å². The van der Waals surface area contributed by atoms with Crippen molar-refractivity contribution in [2.24, 2.45) is 0 Å². The zero-order valence-electron chi connectivity index (χ0n) is 11.0. The summed E-state index contributed by atoms with van der Waals surface area (Å²) >= 11 is 0. The number of carboxylic acids is 1. The zero-order chi connectivity index (χ0) is 14.2. The van der Waals surface area contributed by atoms with Crippen LogP contribution in [0, 0.1) is 0 Å². The molecule has 0 aliphatic heterocycles. The Kier molecular flexibility index (Phi) is 7.04. The molecular weight excluding hydrogens is 236 g/mol. The fourth-order valence-corrected chi connectivity index (χ4v) is 1.47. The standard InChI is InChI=1S/C12H22N2O4/c1-4-6-14(7-5-2)11(17)13-9-12(3,18)8-10(15)16/h4,18H,1,5-9H2,2-3H3,(H,13,17)(H,15,16). The number of aliphatic carboxylic acids is 1. The smallest absolute Gasteiger partial charge is 0.317 e. The molecule has 6 nitrogen and oxygen atoms in total. The van der Waals surface area contributed by atoms with Gasteiger partial charge < -0.3 is 20.4 Å². The van der Waals surface area contributed by atoms with Gasteiger partial charge in [0.05, 0.1) is 12.0 Å². The van der Waals surface area contributed by atoms with E-state index in [0.717, 1.165) is 6.42 Å². The first kappa shape index (κ1) is 16.4. The molecule has 0 heterocycles. The van der Waals surface area contributed by atoms with Crippen molar-refractivity contribution in [3.8, 4) is 0 Å². The molecule has 0 aromatic heterocycles. The second-order valence-electron chi connectivity index (χ2n) is 4.46. The highest BCUT2D eigenvalue weighted by molar-refractivity contribution is 5.74. The molecule has 3 N–H and O–H groups in total. The average Bonchev–Trinajstić information content (AvgIpc) is 2.24. The number of carbonyl (C=O) groups is 2. The second kappa shape index (κ2) is 7.71. The number of hydrogen-bond acceptors (Lipinski definition) is 3. The molecule has 1 atom stereocenters. The number of rotatable bonds is 8. The molecule has 0 aliphatic rings. The molecule has 0 saturated heterocycles. The number of nitrogens with zero attached hydrogens (tertiary/aromatic N) is 1. The van der Waals surface area contributed by atoms with Crippen molar-refractivity contribution in [3.05, 3.63) is 12.7 Å². The normalized spacial score (nSPS) is 13.5. The molecule has 0 aliphatic carbocycles. The van der Waals surface area contributed by atoms with E-state index in [1.807, 2.05) is 6.92 Å². The Balaban J connectivity index is 4.28. The van der Waals surface area contributed by atoms with Crippen LogP contribution in [0.15, 0.2) is 12.7 Å². The molecule has 104 valence electrons. The van der Waals surface area contributed by atoms with Crippen molar-refractivity contribution >= 4 is 12.0 Å². The van der Waals surface area contributed by atoms with Crippen LogP contribution in [-0.2, 0) is 4.79 Å². The van der Waals surface area contributed by atoms with E-state index in [9.17, 15) is 14.7 Å². The molecule has 0 radical (unpaired) electrons. The zero-order valence-corrected chi connectivity index (χ0v) is 11.0. The summed E-state index contributed by atoms with van der Waals surface area (Å²) in [6.07, 6.45) is 2.01. The number of aliphatic hydroxyl groups is 1. The fourth-order valence-electron chi connectivity index (χ4n) is 1.47. The van der Waals surface area contributed by atoms with E-state index in [-0.39, 0.29) is 12.6 Å². The summed E-state index contributed by atoms with van der Waals surface area (Å²) in [5.74, 6) is -1.11. The number of carbonyl (C=O) groups excluding carboxylic acids is 1. The van der Waals surface area contributed by atoms with Gasteiger partial charge in [-0.25, -0.2) is 4.79 Å². The number of carboxylic acid groups (broad SMARTS) is 1. The van der Waals surface area contributed by atoms with E-state index in [2.05, 4.69) is 11.9 Å². The fraction of sp³-hybridized carbons (Fsp3) is 0.667. The second-order valence-corrected chi connectivity index (χ2v) is 4.46. The van der Waals surface area contributed by atoms with Gasteiger partial charge in [0.25, 0.3) is 0 Å². The Hall–Kier alpha value is -1.56. The Morgan fingerprint density at radius 1 is 1.50 bits per heavy atom. The summed E-state index contributed by atoms with van der Waals surface area (Å²) in [5, 5.41) is 20.9. The Morgan fingerprint density at radius 3 is 2.56 bits per heavy atom. The molecule has 0 spiro atoms. The van der Waals surface area contributed by atoms with Crippen molar-refractivity contribution in [2.45, 2.75) is 32.3 Å². The summed E-state index contributed by atoms with van der Waals surface area (Å²) in [4.78, 5) is 23.8. The van der Waals surface area contributed by atoms with Crippen molar-refractivity contribution in [2.75, 3.05) is 19.6 Å². The van der Waals surface area contributed by atoms with Crippen molar-refractivity contribution < 1.29 is 19.8 Å². The van der Waals surface area contributed by atoms with Gasteiger partial charge in [0.15, 0.2) is 0 Å². The molecule has 0 aromatic carbocycles. The molecule has 0 saturated carbocycles. The quantitative estimate of drug-likeness (QED) is 0.562. The molecule has 6 heteroatoms. The van der Waals surface area contributed by atoms with E-state index in [0.29, 0.717) is 13.1 Å². The summed E-state index contributed by atoms with van der Waals surface area (Å²) in [6, 6.07) is -0.331. The number of hydrogen-bond donors (Lipinski definition) is 3. The summed E-state index contributed by atoms with van der Waals surface area (Å²) in [5.41, 5.74) is -1.45. The summed E-state index contributed by atoms with van der Waals surface area (Å²) < 4.78 is 0. The van der Waals surface area contributed by atoms with Gasteiger partial charge >= 0.3 is 12.0 Å². The number of nitrogens with one attached hydrogen (secondary N) is 1.